The topological polar surface area (TPSA) is 200 Å². The lowest BCUT2D eigenvalue weighted by Gasteiger charge is -2.49. The molecule has 13 nitrogen and oxygen atoms in total. The molecule has 1 unspecified atom stereocenters. The Morgan fingerprint density at radius 3 is 2.63 bits per heavy atom. The van der Waals surface area contributed by atoms with Crippen molar-refractivity contribution in [3.05, 3.63) is 22.3 Å². The fourth-order valence-corrected chi connectivity index (χ4v) is 4.85. The van der Waals surface area contributed by atoms with E-state index in [-0.39, 0.29) is 66.0 Å². The lowest BCUT2D eigenvalue weighted by Crippen LogP contribution is -2.71. The van der Waals surface area contributed by atoms with Crippen molar-refractivity contribution in [1.29, 1.82) is 0 Å². The molecule has 1 aromatic heterocycles. The molecular weight excluding hydrogens is 547 g/mol. The van der Waals surface area contributed by atoms with Gasteiger partial charge < -0.3 is 31.5 Å². The van der Waals surface area contributed by atoms with E-state index in [0.717, 1.165) is 16.2 Å². The first-order chi connectivity index (χ1) is 15.6. The number of nitrogens with zero attached hydrogens (tertiary/aromatic N) is 3. The number of halogens is 2. The third-order valence-electron chi connectivity index (χ3n) is 4.62. The predicted molar refractivity (Wildman–Crippen MR) is 133 cm³/mol. The van der Waals surface area contributed by atoms with E-state index in [0.29, 0.717) is 5.57 Å². The van der Waals surface area contributed by atoms with Crippen molar-refractivity contribution in [1.82, 2.24) is 15.2 Å². The molecule has 194 valence electrons. The molecule has 0 bridgehead atoms. The van der Waals surface area contributed by atoms with E-state index in [1.165, 1.54) is 24.1 Å². The first-order valence-electron chi connectivity index (χ1n) is 9.63. The predicted octanol–water partition coefficient (Wildman–Crippen LogP) is -0.0615. The van der Waals surface area contributed by atoms with E-state index in [1.54, 1.807) is 6.92 Å². The number of aliphatic carboxylic acids is 1. The fourth-order valence-electron chi connectivity index (χ4n) is 2.98. The lowest BCUT2D eigenvalue weighted by atomic mass is 10.0. The molecular formula is C18H24Cl2N6O7S2. The number of oxime groups is 1. The number of carboxylic acids is 1. The number of nitrogens with one attached hydrogen (secondary N) is 1. The molecule has 1 aromatic rings. The Bertz CT molecular complexity index is 1050. The van der Waals surface area contributed by atoms with Gasteiger partial charge in [0.1, 0.15) is 35.5 Å². The number of hydrogen-bond donors (Lipinski definition) is 4. The van der Waals surface area contributed by atoms with Crippen molar-refractivity contribution in [2.45, 2.75) is 31.4 Å². The number of ether oxygens (including phenoxy) is 1. The Hall–Kier alpha value is -2.59. The van der Waals surface area contributed by atoms with Gasteiger partial charge in [0.25, 0.3) is 11.8 Å². The van der Waals surface area contributed by atoms with Crippen LogP contribution in [0.25, 0.3) is 0 Å². The quantitative estimate of drug-likeness (QED) is 0.134. The van der Waals surface area contributed by atoms with Gasteiger partial charge in [-0.15, -0.1) is 47.9 Å². The highest BCUT2D eigenvalue weighted by Crippen LogP contribution is 2.40. The lowest BCUT2D eigenvalue weighted by molar-refractivity contribution is -0.150. The zero-order valence-corrected chi connectivity index (χ0v) is 21.7. The highest BCUT2D eigenvalue weighted by atomic mass is 35.5. The van der Waals surface area contributed by atoms with Gasteiger partial charge >= 0.3 is 11.9 Å². The van der Waals surface area contributed by atoms with Crippen molar-refractivity contribution < 1.29 is 33.9 Å². The van der Waals surface area contributed by atoms with Gasteiger partial charge in [0.2, 0.25) is 0 Å². The Balaban J connectivity index is 0.00000306. The number of thioether (sulfide) groups is 1. The molecule has 0 saturated carbocycles. The smallest absolute Gasteiger partial charge is 0.352 e. The Kier molecular flexibility index (Phi) is 11.2. The van der Waals surface area contributed by atoms with E-state index in [2.05, 4.69) is 15.5 Å². The molecule has 0 radical (unpaired) electrons. The van der Waals surface area contributed by atoms with Crippen LogP contribution in [0.3, 0.4) is 0 Å². The molecule has 2 amide bonds. The number of nitrogen functional groups attached to an aromatic ring is 1. The van der Waals surface area contributed by atoms with Crippen molar-refractivity contribution >= 4 is 82.5 Å². The largest absolute Gasteiger partial charge is 0.477 e. The van der Waals surface area contributed by atoms with Crippen LogP contribution in [0.4, 0.5) is 5.13 Å². The Labute approximate surface area is 220 Å². The van der Waals surface area contributed by atoms with Gasteiger partial charge in [0, 0.05) is 30.2 Å². The number of carbonyl (C=O) groups excluding carboxylic acids is 3. The van der Waals surface area contributed by atoms with Crippen LogP contribution in [0, 0.1) is 0 Å². The molecule has 35 heavy (non-hydrogen) atoms. The van der Waals surface area contributed by atoms with Gasteiger partial charge in [-0.1, -0.05) is 5.16 Å². The maximum absolute atomic E-state index is 12.9. The summed E-state index contributed by atoms with van der Waals surface area (Å²) in [4.78, 5) is 58.9. The summed E-state index contributed by atoms with van der Waals surface area (Å²) >= 11 is 2.33. The van der Waals surface area contributed by atoms with E-state index >= 15 is 0 Å². The van der Waals surface area contributed by atoms with Crippen LogP contribution >= 0.6 is 47.9 Å². The molecule has 0 aliphatic carbocycles. The number of esters is 1. The summed E-state index contributed by atoms with van der Waals surface area (Å²) in [6.07, 6.45) is -0.475. The summed E-state index contributed by atoms with van der Waals surface area (Å²) < 4.78 is 4.90. The summed E-state index contributed by atoms with van der Waals surface area (Å²) in [5.41, 5.74) is 11.2. The van der Waals surface area contributed by atoms with Crippen LogP contribution < -0.4 is 16.8 Å². The highest BCUT2D eigenvalue weighted by molar-refractivity contribution is 8.00. The second-order valence-electron chi connectivity index (χ2n) is 7.06. The molecule has 17 heteroatoms. The van der Waals surface area contributed by atoms with Gasteiger partial charge in [0.15, 0.2) is 10.8 Å². The summed E-state index contributed by atoms with van der Waals surface area (Å²) in [6.45, 7) is 2.78. The molecule has 3 atom stereocenters. The highest BCUT2D eigenvalue weighted by Gasteiger charge is 2.54. The minimum absolute atomic E-state index is 0. The van der Waals surface area contributed by atoms with Gasteiger partial charge in [-0.2, -0.15) is 0 Å². The van der Waals surface area contributed by atoms with Crippen molar-refractivity contribution in [3.8, 4) is 0 Å². The number of thiazole rings is 1. The van der Waals surface area contributed by atoms with Gasteiger partial charge in [-0.05, 0) is 6.92 Å². The van der Waals surface area contributed by atoms with Crippen LogP contribution in [0.1, 0.15) is 19.5 Å². The molecule has 1 saturated heterocycles. The molecule has 2 aliphatic heterocycles. The van der Waals surface area contributed by atoms with Crippen molar-refractivity contribution in [2.24, 2.45) is 10.9 Å². The number of aromatic nitrogens is 1. The maximum atomic E-state index is 12.9. The number of anilines is 1. The third-order valence-corrected chi connectivity index (χ3v) is 6.64. The number of carboxylic acid groups (broad SMARTS) is 1. The fraction of sp³-hybridized carbons (Fsp3) is 0.444. The van der Waals surface area contributed by atoms with E-state index in [1.807, 2.05) is 0 Å². The molecule has 6 N–H and O–H groups in total. The third kappa shape index (κ3) is 6.76. The minimum Gasteiger partial charge on any atom is -0.477 e. The monoisotopic (exact) mass is 570 g/mol. The second-order valence-corrected chi connectivity index (χ2v) is 9.06. The number of rotatable bonds is 9. The standard InChI is InChI=1S/C18H22N6O7S2.2ClH/c1-7(3-19)31-23-11(10-6-33-18(20)21-10)14(26)22-12-15(27)24-13(17(28)29)9(4-30-8(2)25)5-32-16(12)24;;/h6-7,12,16H,3-5,19H2,1-2H3,(H2,20,21)(H,22,26)(H,28,29);2*1H/t7?,12-,16-;;/m1../s1. The average molecular weight is 571 g/mol. The Morgan fingerprint density at radius 2 is 2.09 bits per heavy atom. The zero-order chi connectivity index (χ0) is 24.3. The molecule has 0 aromatic carbocycles. The summed E-state index contributed by atoms with van der Waals surface area (Å²) in [5.74, 6) is -3.05. The first-order valence-corrected chi connectivity index (χ1v) is 11.6. The first kappa shape index (κ1) is 30.4. The number of carbonyl (C=O) groups is 4. The van der Waals surface area contributed by atoms with Gasteiger partial charge in [-0.3, -0.25) is 19.3 Å². The van der Waals surface area contributed by atoms with Crippen LogP contribution in [-0.4, -0.2) is 80.9 Å². The van der Waals surface area contributed by atoms with Crippen molar-refractivity contribution in [3.63, 3.8) is 0 Å². The van der Waals surface area contributed by atoms with Crippen LogP contribution in [0.2, 0.25) is 0 Å². The maximum Gasteiger partial charge on any atom is 0.352 e. The summed E-state index contributed by atoms with van der Waals surface area (Å²) in [7, 11) is 0. The Morgan fingerprint density at radius 1 is 1.40 bits per heavy atom. The van der Waals surface area contributed by atoms with E-state index < -0.39 is 41.3 Å². The number of amides is 2. The summed E-state index contributed by atoms with van der Waals surface area (Å²) in [6, 6.07) is -1.000. The minimum atomic E-state index is -1.33. The van der Waals surface area contributed by atoms with E-state index in [9.17, 15) is 24.3 Å². The second kappa shape index (κ2) is 12.9. The van der Waals surface area contributed by atoms with Crippen LogP contribution in [-0.2, 0) is 28.8 Å². The zero-order valence-electron chi connectivity index (χ0n) is 18.5. The summed E-state index contributed by atoms with van der Waals surface area (Å²) in [5, 5.41) is 17.1. The number of nitrogens with two attached hydrogens (primary N) is 2. The SMILES string of the molecule is CC(=O)OCC1=C(C(=O)O)N2C(=O)[C@@H](NC(=O)C(=NOC(C)CN)c3csc(N)n3)[C@H]2SC1.Cl.Cl. The van der Waals surface area contributed by atoms with Crippen LogP contribution in [0.5, 0.6) is 0 Å². The number of β-lactam (4-membered cyclic amide) rings is 1. The van der Waals surface area contributed by atoms with Gasteiger partial charge in [0.05, 0.1) is 0 Å². The normalized spacial score (nSPS) is 19.9. The van der Waals surface area contributed by atoms with E-state index in [4.69, 9.17) is 21.0 Å². The molecule has 3 heterocycles. The molecule has 3 rings (SSSR count). The molecule has 2 aliphatic rings. The van der Waals surface area contributed by atoms with Gasteiger partial charge in [-0.25, -0.2) is 9.78 Å². The van der Waals surface area contributed by atoms with Crippen LogP contribution in [0.15, 0.2) is 21.8 Å². The number of hydrogen-bond acceptors (Lipinski definition) is 12. The number of fused-ring (bicyclic) bond motifs is 1. The van der Waals surface area contributed by atoms with Crippen molar-refractivity contribution in [2.75, 3.05) is 24.6 Å². The molecule has 1 fully saturated rings. The average Bonchev–Trinajstić information content (AvgIpc) is 3.20. The molecule has 0 spiro atoms.